The van der Waals surface area contributed by atoms with Gasteiger partial charge in [0.15, 0.2) is 0 Å². The average Bonchev–Trinajstić information content (AvgIpc) is 2.40. The van der Waals surface area contributed by atoms with E-state index in [0.29, 0.717) is 11.3 Å². The highest BCUT2D eigenvalue weighted by atomic mass is 35.5. The molecule has 0 fully saturated rings. The number of aryl methyl sites for hydroxylation is 1. The van der Waals surface area contributed by atoms with E-state index in [1.54, 1.807) is 13.0 Å². The van der Waals surface area contributed by atoms with Gasteiger partial charge in [0.1, 0.15) is 11.5 Å². The van der Waals surface area contributed by atoms with Gasteiger partial charge in [0.2, 0.25) is 0 Å². The Hall–Kier alpha value is -2.60. The predicted molar refractivity (Wildman–Crippen MR) is 76.3 cm³/mol. The molecular formula is C14H10ClNO5. The quantitative estimate of drug-likeness (QED) is 0.680. The lowest BCUT2D eigenvalue weighted by atomic mass is 10.1. The molecule has 0 atom stereocenters. The first-order chi connectivity index (χ1) is 9.86. The van der Waals surface area contributed by atoms with Crippen LogP contribution in [0.3, 0.4) is 0 Å². The molecule has 0 amide bonds. The molecule has 0 heterocycles. The van der Waals surface area contributed by atoms with Crippen LogP contribution in [0.15, 0.2) is 36.4 Å². The molecule has 0 spiro atoms. The van der Waals surface area contributed by atoms with Gasteiger partial charge in [-0.1, -0.05) is 11.6 Å². The van der Waals surface area contributed by atoms with Crippen molar-refractivity contribution in [1.29, 1.82) is 0 Å². The number of halogens is 1. The zero-order valence-electron chi connectivity index (χ0n) is 10.9. The fourth-order valence-corrected chi connectivity index (χ4v) is 1.96. The number of hydrogen-bond acceptors (Lipinski definition) is 4. The summed E-state index contributed by atoms with van der Waals surface area (Å²) in [7, 11) is 0. The number of carbonyl (C=O) groups is 1. The summed E-state index contributed by atoms with van der Waals surface area (Å²) < 4.78 is 5.50. The number of benzene rings is 2. The van der Waals surface area contributed by atoms with Gasteiger partial charge in [0.25, 0.3) is 5.69 Å². The summed E-state index contributed by atoms with van der Waals surface area (Å²) >= 11 is 5.92. The molecule has 0 bridgehead atoms. The van der Waals surface area contributed by atoms with Crippen LogP contribution in [-0.4, -0.2) is 16.0 Å². The maximum absolute atomic E-state index is 11.0. The third-order valence-electron chi connectivity index (χ3n) is 2.65. The number of carboxylic acid groups (broad SMARTS) is 1. The minimum absolute atomic E-state index is 0.0718. The van der Waals surface area contributed by atoms with Gasteiger partial charge in [-0.3, -0.25) is 10.1 Å². The van der Waals surface area contributed by atoms with Crippen LogP contribution in [-0.2, 0) is 0 Å². The van der Waals surface area contributed by atoms with Crippen LogP contribution in [0.25, 0.3) is 0 Å². The van der Waals surface area contributed by atoms with E-state index in [-0.39, 0.29) is 22.0 Å². The lowest BCUT2D eigenvalue weighted by Crippen LogP contribution is -1.98. The average molecular weight is 308 g/mol. The molecular weight excluding hydrogens is 298 g/mol. The Bertz CT molecular complexity index is 729. The molecule has 0 aliphatic heterocycles. The van der Waals surface area contributed by atoms with E-state index in [0.717, 1.165) is 0 Å². The van der Waals surface area contributed by atoms with Crippen LogP contribution in [0.1, 0.15) is 15.9 Å². The van der Waals surface area contributed by atoms with E-state index < -0.39 is 10.9 Å². The zero-order valence-corrected chi connectivity index (χ0v) is 11.6. The van der Waals surface area contributed by atoms with Crippen LogP contribution in [0.4, 0.5) is 5.69 Å². The van der Waals surface area contributed by atoms with Crippen LogP contribution in [0.2, 0.25) is 5.02 Å². The number of aromatic carboxylic acids is 1. The number of ether oxygens (including phenoxy) is 1. The smallest absolute Gasteiger partial charge is 0.335 e. The van der Waals surface area contributed by atoms with Crippen molar-refractivity contribution >= 4 is 23.3 Å². The summed E-state index contributed by atoms with van der Waals surface area (Å²) in [5.41, 5.74) is 0.647. The third-order valence-corrected chi connectivity index (χ3v) is 2.95. The van der Waals surface area contributed by atoms with Gasteiger partial charge < -0.3 is 9.84 Å². The fraction of sp³-hybridized carbons (Fsp3) is 0.0714. The van der Waals surface area contributed by atoms with E-state index in [1.165, 1.54) is 30.3 Å². The Kier molecular flexibility index (Phi) is 4.09. The minimum atomic E-state index is -1.07. The first-order valence-corrected chi connectivity index (χ1v) is 6.21. The van der Waals surface area contributed by atoms with Gasteiger partial charge in [0, 0.05) is 12.1 Å². The highest BCUT2D eigenvalue weighted by Crippen LogP contribution is 2.33. The summed E-state index contributed by atoms with van der Waals surface area (Å²) in [6.45, 7) is 1.73. The second kappa shape index (κ2) is 5.80. The van der Waals surface area contributed by atoms with Crippen molar-refractivity contribution in [2.75, 3.05) is 0 Å². The molecule has 0 unspecified atom stereocenters. The van der Waals surface area contributed by atoms with E-state index in [2.05, 4.69) is 0 Å². The van der Waals surface area contributed by atoms with E-state index in [9.17, 15) is 14.9 Å². The molecule has 7 heteroatoms. The van der Waals surface area contributed by atoms with Crippen LogP contribution in [0, 0.1) is 17.0 Å². The molecule has 21 heavy (non-hydrogen) atoms. The predicted octanol–water partition coefficient (Wildman–Crippen LogP) is 4.05. The van der Waals surface area contributed by atoms with Gasteiger partial charge in [-0.2, -0.15) is 0 Å². The Balaban J connectivity index is 2.34. The van der Waals surface area contributed by atoms with E-state index in [1.807, 2.05) is 0 Å². The number of carboxylic acids is 1. The molecule has 0 saturated heterocycles. The van der Waals surface area contributed by atoms with Crippen molar-refractivity contribution in [3.63, 3.8) is 0 Å². The van der Waals surface area contributed by atoms with Gasteiger partial charge in [-0.25, -0.2) is 4.79 Å². The molecule has 2 rings (SSSR count). The largest absolute Gasteiger partial charge is 0.478 e. The van der Waals surface area contributed by atoms with Crippen molar-refractivity contribution < 1.29 is 19.6 Å². The molecule has 0 radical (unpaired) electrons. The number of nitro benzene ring substituents is 1. The topological polar surface area (TPSA) is 89.7 Å². The maximum atomic E-state index is 11.0. The fourth-order valence-electron chi connectivity index (χ4n) is 1.74. The van der Waals surface area contributed by atoms with Gasteiger partial charge >= 0.3 is 5.97 Å². The second-order valence-electron chi connectivity index (χ2n) is 4.31. The third kappa shape index (κ3) is 3.49. The van der Waals surface area contributed by atoms with Crippen molar-refractivity contribution in [2.24, 2.45) is 0 Å². The Labute approximate surface area is 124 Å². The van der Waals surface area contributed by atoms with Gasteiger partial charge in [0.05, 0.1) is 15.5 Å². The minimum Gasteiger partial charge on any atom is -0.478 e. The van der Waals surface area contributed by atoms with Crippen molar-refractivity contribution in [1.82, 2.24) is 0 Å². The van der Waals surface area contributed by atoms with Crippen molar-refractivity contribution in [2.45, 2.75) is 6.92 Å². The molecule has 108 valence electrons. The van der Waals surface area contributed by atoms with Crippen LogP contribution >= 0.6 is 11.6 Å². The van der Waals surface area contributed by atoms with E-state index in [4.69, 9.17) is 21.4 Å². The summed E-state index contributed by atoms with van der Waals surface area (Å²) in [5, 5.41) is 19.7. The molecule has 6 nitrogen and oxygen atoms in total. The highest BCUT2D eigenvalue weighted by Gasteiger charge is 2.12. The van der Waals surface area contributed by atoms with E-state index >= 15 is 0 Å². The molecule has 1 N–H and O–H groups in total. The molecule has 0 aromatic heterocycles. The van der Waals surface area contributed by atoms with Crippen molar-refractivity contribution in [3.05, 3.63) is 62.7 Å². The molecule has 0 aliphatic rings. The summed E-state index contributed by atoms with van der Waals surface area (Å²) in [6.07, 6.45) is 0. The highest BCUT2D eigenvalue weighted by molar-refractivity contribution is 6.32. The Morgan fingerprint density at radius 1 is 1.29 bits per heavy atom. The molecule has 2 aromatic rings. The number of nitro groups is 1. The monoisotopic (exact) mass is 307 g/mol. The lowest BCUT2D eigenvalue weighted by Gasteiger charge is -2.09. The SMILES string of the molecule is Cc1cc(Oc2ccc([N+](=O)[O-])cc2Cl)cc(C(=O)O)c1. The summed E-state index contributed by atoms with van der Waals surface area (Å²) in [5.74, 6) is -0.564. The first kappa shape index (κ1) is 14.8. The molecule has 2 aromatic carbocycles. The zero-order chi connectivity index (χ0) is 15.6. The van der Waals surface area contributed by atoms with Crippen LogP contribution in [0.5, 0.6) is 11.5 Å². The summed E-state index contributed by atoms with van der Waals surface area (Å²) in [4.78, 5) is 21.1. The lowest BCUT2D eigenvalue weighted by molar-refractivity contribution is -0.384. The Morgan fingerprint density at radius 2 is 2.00 bits per heavy atom. The first-order valence-electron chi connectivity index (χ1n) is 5.83. The summed E-state index contributed by atoms with van der Waals surface area (Å²) in [6, 6.07) is 8.30. The molecule has 0 aliphatic carbocycles. The molecule has 0 saturated carbocycles. The van der Waals surface area contributed by atoms with Gasteiger partial charge in [-0.05, 0) is 36.8 Å². The standard InChI is InChI=1S/C14H10ClNO5/c1-8-4-9(14(17)18)6-11(5-8)21-13-3-2-10(16(19)20)7-12(13)15/h2-7H,1H3,(H,17,18). The number of nitrogens with zero attached hydrogens (tertiary/aromatic N) is 1. The Morgan fingerprint density at radius 3 is 2.57 bits per heavy atom. The number of non-ortho nitro benzene ring substituents is 1. The van der Waals surface area contributed by atoms with Gasteiger partial charge in [-0.15, -0.1) is 0 Å². The van der Waals surface area contributed by atoms with Crippen molar-refractivity contribution in [3.8, 4) is 11.5 Å². The second-order valence-corrected chi connectivity index (χ2v) is 4.72. The maximum Gasteiger partial charge on any atom is 0.335 e. The number of rotatable bonds is 4. The van der Waals surface area contributed by atoms with Crippen LogP contribution < -0.4 is 4.74 Å². The normalized spacial score (nSPS) is 10.2. The number of hydrogen-bond donors (Lipinski definition) is 1.